The van der Waals surface area contributed by atoms with E-state index < -0.39 is 0 Å². The largest absolute Gasteiger partial charge is 0.504 e. The highest BCUT2D eigenvalue weighted by atomic mass is 32.1. The van der Waals surface area contributed by atoms with Crippen LogP contribution in [0.1, 0.15) is 63.4 Å². The summed E-state index contributed by atoms with van der Waals surface area (Å²) in [5.74, 6) is 0.766. The van der Waals surface area contributed by atoms with Gasteiger partial charge in [-0.3, -0.25) is 9.79 Å². The number of rotatable bonds is 20. The second kappa shape index (κ2) is 19.9. The molecule has 8 heteroatoms. The third-order valence-corrected chi connectivity index (χ3v) is 5.17. The molecule has 0 fully saturated rings. The number of thiol groups is 1. The molecule has 0 spiro atoms. The van der Waals surface area contributed by atoms with Crippen LogP contribution in [-0.2, 0) is 14.3 Å². The van der Waals surface area contributed by atoms with E-state index in [-0.39, 0.29) is 17.4 Å². The van der Waals surface area contributed by atoms with Crippen LogP contribution < -0.4 is 5.32 Å². The molecule has 7 nitrogen and oxygen atoms in total. The van der Waals surface area contributed by atoms with E-state index in [2.05, 4.69) is 22.9 Å². The van der Waals surface area contributed by atoms with Crippen molar-refractivity contribution in [1.29, 1.82) is 0 Å². The fourth-order valence-corrected chi connectivity index (χ4v) is 3.26. The maximum Gasteiger partial charge on any atom is 0.220 e. The van der Waals surface area contributed by atoms with Gasteiger partial charge in [0, 0.05) is 19.2 Å². The number of phenolic OH excluding ortho intramolecular Hbond substituents is 2. The Kier molecular flexibility index (Phi) is 17.6. The van der Waals surface area contributed by atoms with Gasteiger partial charge in [-0.15, -0.1) is 0 Å². The molecule has 1 aromatic carbocycles. The first kappa shape index (κ1) is 28.3. The van der Waals surface area contributed by atoms with Gasteiger partial charge < -0.3 is 25.0 Å². The van der Waals surface area contributed by atoms with Crippen molar-refractivity contribution in [3.63, 3.8) is 0 Å². The predicted molar refractivity (Wildman–Crippen MR) is 132 cm³/mol. The minimum atomic E-state index is -0.167. The fourth-order valence-electron chi connectivity index (χ4n) is 3.04. The zero-order valence-electron chi connectivity index (χ0n) is 19.1. The summed E-state index contributed by atoms with van der Waals surface area (Å²) in [7, 11) is 0. The van der Waals surface area contributed by atoms with Gasteiger partial charge in [0.1, 0.15) is 0 Å². The first-order valence-corrected chi connectivity index (χ1v) is 12.3. The first-order chi connectivity index (χ1) is 15.6. The number of phenols is 2. The molecule has 0 unspecified atom stereocenters. The SMILES string of the molecule is O=C(CCCCCCCCCCS)NCCOCCOCCN=Cc1ccc(O)c(O)c1. The number of aliphatic imine (C=N–C) groups is 1. The number of aromatic hydroxyl groups is 2. The topological polar surface area (TPSA) is 100 Å². The summed E-state index contributed by atoms with van der Waals surface area (Å²) in [5.41, 5.74) is 0.709. The van der Waals surface area contributed by atoms with Crippen molar-refractivity contribution >= 4 is 24.8 Å². The molecule has 3 N–H and O–H groups in total. The maximum absolute atomic E-state index is 11.8. The molecule has 0 radical (unpaired) electrons. The van der Waals surface area contributed by atoms with Gasteiger partial charge in [0.25, 0.3) is 0 Å². The molecule has 0 atom stereocenters. The number of nitrogens with zero attached hydrogens (tertiary/aromatic N) is 1. The molecule has 0 aliphatic heterocycles. The van der Waals surface area contributed by atoms with Crippen LogP contribution in [0, 0.1) is 0 Å². The van der Waals surface area contributed by atoms with Crippen LogP contribution in [0.2, 0.25) is 0 Å². The number of amides is 1. The lowest BCUT2D eigenvalue weighted by molar-refractivity contribution is -0.121. The van der Waals surface area contributed by atoms with Crippen molar-refractivity contribution in [3.05, 3.63) is 23.8 Å². The quantitative estimate of drug-likeness (QED) is 0.0999. The predicted octanol–water partition coefficient (Wildman–Crippen LogP) is 4.11. The van der Waals surface area contributed by atoms with E-state index in [0.717, 1.165) is 18.6 Å². The normalized spacial score (nSPS) is 11.3. The van der Waals surface area contributed by atoms with E-state index in [1.165, 1.54) is 50.7 Å². The number of unbranched alkanes of at least 4 members (excludes halogenated alkanes) is 7. The van der Waals surface area contributed by atoms with Crippen LogP contribution in [0.3, 0.4) is 0 Å². The Morgan fingerprint density at radius 3 is 2.25 bits per heavy atom. The summed E-state index contributed by atoms with van der Waals surface area (Å²) in [6.07, 6.45) is 11.8. The van der Waals surface area contributed by atoms with E-state index in [0.29, 0.717) is 51.5 Å². The Bertz CT molecular complexity index is 643. The van der Waals surface area contributed by atoms with Crippen LogP contribution in [-0.4, -0.2) is 67.6 Å². The van der Waals surface area contributed by atoms with Gasteiger partial charge in [0.15, 0.2) is 11.5 Å². The van der Waals surface area contributed by atoms with Gasteiger partial charge in [-0.25, -0.2) is 0 Å². The van der Waals surface area contributed by atoms with E-state index in [1.54, 1.807) is 12.3 Å². The van der Waals surface area contributed by atoms with Gasteiger partial charge >= 0.3 is 0 Å². The van der Waals surface area contributed by atoms with Crippen LogP contribution in [0.5, 0.6) is 11.5 Å². The summed E-state index contributed by atoms with van der Waals surface area (Å²) in [6, 6.07) is 4.53. The molecular weight excluding hydrogens is 428 g/mol. The molecule has 1 amide bonds. The number of hydrogen-bond donors (Lipinski definition) is 4. The molecule has 182 valence electrons. The van der Waals surface area contributed by atoms with Gasteiger partial charge in [0.2, 0.25) is 5.91 Å². The highest BCUT2D eigenvalue weighted by molar-refractivity contribution is 7.80. The number of hydrogen-bond acceptors (Lipinski definition) is 7. The highest BCUT2D eigenvalue weighted by Crippen LogP contribution is 2.23. The molecule has 0 aliphatic rings. The van der Waals surface area contributed by atoms with E-state index in [4.69, 9.17) is 9.47 Å². The fraction of sp³-hybridized carbons (Fsp3) is 0.667. The lowest BCUT2D eigenvalue weighted by Crippen LogP contribution is -2.27. The van der Waals surface area contributed by atoms with Crippen LogP contribution >= 0.6 is 12.6 Å². The van der Waals surface area contributed by atoms with E-state index in [1.807, 2.05) is 0 Å². The molecule has 0 aromatic heterocycles. The van der Waals surface area contributed by atoms with E-state index >= 15 is 0 Å². The number of ether oxygens (including phenoxy) is 2. The van der Waals surface area contributed by atoms with Crippen molar-refractivity contribution < 1.29 is 24.5 Å². The van der Waals surface area contributed by atoms with Gasteiger partial charge in [-0.05, 0) is 42.4 Å². The summed E-state index contributed by atoms with van der Waals surface area (Å²) >= 11 is 4.22. The monoisotopic (exact) mass is 468 g/mol. The number of benzene rings is 1. The molecule has 0 heterocycles. The molecule has 0 saturated heterocycles. The maximum atomic E-state index is 11.8. The number of nitrogens with one attached hydrogen (secondary N) is 1. The Balaban J connectivity index is 1.83. The molecule has 1 aromatic rings. The number of carbonyl (C=O) groups excluding carboxylic acids is 1. The van der Waals surface area contributed by atoms with Crippen molar-refractivity contribution in [1.82, 2.24) is 5.32 Å². The highest BCUT2D eigenvalue weighted by Gasteiger charge is 2.01. The van der Waals surface area contributed by atoms with E-state index in [9.17, 15) is 15.0 Å². The Morgan fingerprint density at radius 2 is 1.56 bits per heavy atom. The molecular formula is C24H40N2O5S. The smallest absolute Gasteiger partial charge is 0.220 e. The standard InChI is InChI=1S/C24H40N2O5S/c27-22-11-10-21(19-23(22)28)20-25-12-14-30-16-17-31-15-13-26-24(29)9-7-5-3-1-2-4-6-8-18-32/h10-11,19-20,27-28,32H,1-9,12-18H2,(H,26,29). The van der Waals surface area contributed by atoms with Crippen molar-refractivity contribution in [2.45, 2.75) is 57.8 Å². The third-order valence-electron chi connectivity index (χ3n) is 4.86. The Morgan fingerprint density at radius 1 is 0.906 bits per heavy atom. The molecule has 0 aliphatic carbocycles. The van der Waals surface area contributed by atoms with Gasteiger partial charge in [0.05, 0.1) is 33.0 Å². The van der Waals surface area contributed by atoms with Crippen LogP contribution in [0.15, 0.2) is 23.2 Å². The van der Waals surface area contributed by atoms with Crippen molar-refractivity contribution in [2.75, 3.05) is 45.3 Å². The molecule has 0 saturated carbocycles. The van der Waals surface area contributed by atoms with Crippen molar-refractivity contribution in [3.8, 4) is 11.5 Å². The van der Waals surface area contributed by atoms with Crippen molar-refractivity contribution in [2.24, 2.45) is 4.99 Å². The first-order valence-electron chi connectivity index (χ1n) is 11.7. The second-order valence-corrected chi connectivity index (χ2v) is 8.11. The average Bonchev–Trinajstić information content (AvgIpc) is 2.78. The zero-order chi connectivity index (χ0) is 23.3. The van der Waals surface area contributed by atoms with Crippen LogP contribution in [0.4, 0.5) is 0 Å². The summed E-state index contributed by atoms with van der Waals surface area (Å²) in [4.78, 5) is 16.0. The Labute approximate surface area is 198 Å². The second-order valence-electron chi connectivity index (χ2n) is 7.66. The van der Waals surface area contributed by atoms with Gasteiger partial charge in [-0.1, -0.05) is 38.5 Å². The van der Waals surface area contributed by atoms with Gasteiger partial charge in [-0.2, -0.15) is 12.6 Å². The lowest BCUT2D eigenvalue weighted by atomic mass is 10.1. The van der Waals surface area contributed by atoms with Crippen LogP contribution in [0.25, 0.3) is 0 Å². The lowest BCUT2D eigenvalue weighted by Gasteiger charge is -2.07. The zero-order valence-corrected chi connectivity index (χ0v) is 20.0. The minimum absolute atomic E-state index is 0.0958. The molecule has 0 bridgehead atoms. The minimum Gasteiger partial charge on any atom is -0.504 e. The summed E-state index contributed by atoms with van der Waals surface area (Å²) in [6.45, 7) is 2.90. The Hall–Kier alpha value is -1.77. The summed E-state index contributed by atoms with van der Waals surface area (Å²) in [5, 5.41) is 21.6. The third kappa shape index (κ3) is 15.9. The molecule has 1 rings (SSSR count). The molecule has 32 heavy (non-hydrogen) atoms. The number of carbonyl (C=O) groups is 1. The summed E-state index contributed by atoms with van der Waals surface area (Å²) < 4.78 is 10.9. The average molecular weight is 469 g/mol.